The van der Waals surface area contributed by atoms with E-state index in [-0.39, 0.29) is 12.3 Å². The minimum Gasteiger partial charge on any atom is -0.326 e. The summed E-state index contributed by atoms with van der Waals surface area (Å²) in [6.07, 6.45) is 1.04. The van der Waals surface area contributed by atoms with E-state index in [0.717, 1.165) is 17.4 Å². The van der Waals surface area contributed by atoms with Crippen molar-refractivity contribution >= 4 is 33.2 Å². The van der Waals surface area contributed by atoms with Gasteiger partial charge in [-0.05, 0) is 43.2 Å². The Morgan fingerprint density at radius 3 is 2.32 bits per heavy atom. The molecule has 1 atom stereocenters. The number of rotatable bonds is 6. The van der Waals surface area contributed by atoms with Gasteiger partial charge in [0.1, 0.15) is 0 Å². The lowest BCUT2D eigenvalue weighted by Gasteiger charge is -2.18. The topological polar surface area (TPSA) is 75.3 Å². The van der Waals surface area contributed by atoms with E-state index in [1.807, 2.05) is 32.0 Å². The molecule has 0 saturated carbocycles. The van der Waals surface area contributed by atoms with Gasteiger partial charge < -0.3 is 5.32 Å². The average molecular weight is 381 g/mol. The number of nitrogens with one attached hydrogen (secondary N) is 2. The maximum absolute atomic E-state index is 12.4. The molecule has 0 heterocycles. The van der Waals surface area contributed by atoms with Crippen molar-refractivity contribution in [3.8, 4) is 0 Å². The molecule has 0 aliphatic rings. The zero-order chi connectivity index (χ0) is 18.6. The molecule has 2 N–H and O–H groups in total. The summed E-state index contributed by atoms with van der Waals surface area (Å²) in [5.74, 6) is -0.275. The normalized spacial score (nSPS) is 12.6. The van der Waals surface area contributed by atoms with E-state index in [1.54, 1.807) is 24.3 Å². The number of anilines is 1. The van der Waals surface area contributed by atoms with E-state index in [0.29, 0.717) is 16.3 Å². The van der Waals surface area contributed by atoms with Gasteiger partial charge in [-0.3, -0.25) is 4.79 Å². The van der Waals surface area contributed by atoms with Crippen LogP contribution in [0.15, 0.2) is 42.5 Å². The quantitative estimate of drug-likeness (QED) is 0.804. The first-order valence-corrected chi connectivity index (χ1v) is 10.0. The molecule has 5 nitrogen and oxygen atoms in total. The second-order valence-corrected chi connectivity index (χ2v) is 8.28. The second kappa shape index (κ2) is 7.99. The lowest BCUT2D eigenvalue weighted by Crippen LogP contribution is -2.30. The second-order valence-electron chi connectivity index (χ2n) is 6.06. The van der Waals surface area contributed by atoms with Crippen molar-refractivity contribution in [2.45, 2.75) is 26.3 Å². The molecule has 134 valence electrons. The predicted molar refractivity (Wildman–Crippen MR) is 101 cm³/mol. The molecule has 0 radical (unpaired) electrons. The Balaban J connectivity index is 2.17. The molecule has 0 spiro atoms. The fourth-order valence-electron chi connectivity index (χ4n) is 2.52. The van der Waals surface area contributed by atoms with Crippen LogP contribution in [-0.2, 0) is 14.8 Å². The molecule has 25 heavy (non-hydrogen) atoms. The van der Waals surface area contributed by atoms with Crippen molar-refractivity contribution < 1.29 is 13.2 Å². The maximum Gasteiger partial charge on any atom is 0.226 e. The molecule has 0 aromatic heterocycles. The first-order chi connectivity index (χ1) is 11.6. The Morgan fingerprint density at radius 1 is 1.12 bits per heavy atom. The Morgan fingerprint density at radius 2 is 1.76 bits per heavy atom. The Bertz CT molecular complexity index is 864. The first kappa shape index (κ1) is 19.4. The van der Waals surface area contributed by atoms with Crippen LogP contribution in [-0.4, -0.2) is 20.6 Å². The minimum absolute atomic E-state index is 0.0258. The molecule has 2 aromatic rings. The van der Waals surface area contributed by atoms with Crippen LogP contribution in [0.5, 0.6) is 0 Å². The number of aryl methyl sites for hydroxylation is 2. The smallest absolute Gasteiger partial charge is 0.226 e. The van der Waals surface area contributed by atoms with Gasteiger partial charge in [-0.1, -0.05) is 41.4 Å². The average Bonchev–Trinajstić information content (AvgIpc) is 2.49. The summed E-state index contributed by atoms with van der Waals surface area (Å²) in [5.41, 5.74) is 3.44. The highest BCUT2D eigenvalue weighted by molar-refractivity contribution is 7.88. The van der Waals surface area contributed by atoms with E-state index in [2.05, 4.69) is 10.0 Å². The SMILES string of the molecule is Cc1ccc(NC(=O)C[C@H](NS(C)(=O)=O)c2ccc(Cl)cc2)c(C)c1. The molecular formula is C18H21ClN2O3S. The van der Waals surface area contributed by atoms with Gasteiger partial charge in [0.25, 0.3) is 0 Å². The molecule has 2 aromatic carbocycles. The molecule has 0 fully saturated rings. The first-order valence-electron chi connectivity index (χ1n) is 7.74. The largest absolute Gasteiger partial charge is 0.326 e. The molecule has 0 bridgehead atoms. The number of carbonyl (C=O) groups is 1. The van der Waals surface area contributed by atoms with Crippen LogP contribution in [0.25, 0.3) is 0 Å². The van der Waals surface area contributed by atoms with Gasteiger partial charge in [-0.15, -0.1) is 0 Å². The van der Waals surface area contributed by atoms with Crippen LogP contribution in [0.3, 0.4) is 0 Å². The van der Waals surface area contributed by atoms with Crippen molar-refractivity contribution in [1.82, 2.24) is 4.72 Å². The summed E-state index contributed by atoms with van der Waals surface area (Å²) in [6.45, 7) is 3.89. The van der Waals surface area contributed by atoms with Crippen LogP contribution in [0, 0.1) is 13.8 Å². The monoisotopic (exact) mass is 380 g/mol. The highest BCUT2D eigenvalue weighted by Crippen LogP contribution is 2.22. The Labute approximate surface area is 153 Å². The fourth-order valence-corrected chi connectivity index (χ4v) is 3.38. The van der Waals surface area contributed by atoms with Gasteiger partial charge in [0, 0.05) is 17.1 Å². The van der Waals surface area contributed by atoms with Gasteiger partial charge in [-0.25, -0.2) is 13.1 Å². The van der Waals surface area contributed by atoms with E-state index in [9.17, 15) is 13.2 Å². The number of hydrogen-bond donors (Lipinski definition) is 2. The molecule has 0 aliphatic heterocycles. The van der Waals surface area contributed by atoms with Crippen molar-refractivity contribution in [2.75, 3.05) is 11.6 Å². The lowest BCUT2D eigenvalue weighted by atomic mass is 10.0. The molecule has 7 heteroatoms. The molecule has 0 aliphatic carbocycles. The minimum atomic E-state index is -3.48. The number of halogens is 1. The van der Waals surface area contributed by atoms with Gasteiger partial charge in [0.15, 0.2) is 0 Å². The van der Waals surface area contributed by atoms with Gasteiger partial charge in [0.2, 0.25) is 15.9 Å². The number of carbonyl (C=O) groups excluding carboxylic acids is 1. The summed E-state index contributed by atoms with van der Waals surface area (Å²) in [5, 5.41) is 3.38. The zero-order valence-electron chi connectivity index (χ0n) is 14.3. The maximum atomic E-state index is 12.4. The van der Waals surface area contributed by atoms with Crippen LogP contribution in [0.4, 0.5) is 5.69 Å². The summed E-state index contributed by atoms with van der Waals surface area (Å²) < 4.78 is 25.8. The van der Waals surface area contributed by atoms with Crippen molar-refractivity contribution in [2.24, 2.45) is 0 Å². The molecule has 2 rings (SSSR count). The van der Waals surface area contributed by atoms with Crippen molar-refractivity contribution in [1.29, 1.82) is 0 Å². The summed E-state index contributed by atoms with van der Waals surface area (Å²) in [6, 6.07) is 11.8. The third-order valence-corrected chi connectivity index (χ3v) is 4.64. The van der Waals surface area contributed by atoms with Crippen LogP contribution >= 0.6 is 11.6 Å². The number of hydrogen-bond acceptors (Lipinski definition) is 3. The Kier molecular flexibility index (Phi) is 6.21. The van der Waals surface area contributed by atoms with E-state index in [4.69, 9.17) is 11.6 Å². The van der Waals surface area contributed by atoms with Gasteiger partial charge in [0.05, 0.1) is 12.3 Å². The Hall–Kier alpha value is -1.89. The standard InChI is InChI=1S/C18H21ClN2O3S/c1-12-4-9-16(13(2)10-12)20-18(22)11-17(21-25(3,23)24)14-5-7-15(19)8-6-14/h4-10,17,21H,11H2,1-3H3,(H,20,22)/t17-/m0/s1. The fraction of sp³-hybridized carbons (Fsp3) is 0.278. The highest BCUT2D eigenvalue weighted by atomic mass is 35.5. The van der Waals surface area contributed by atoms with Crippen LogP contribution < -0.4 is 10.0 Å². The van der Waals surface area contributed by atoms with Crippen LogP contribution in [0.1, 0.15) is 29.2 Å². The summed E-state index contributed by atoms with van der Waals surface area (Å²) in [4.78, 5) is 12.4. The molecular weight excluding hydrogens is 360 g/mol. The third-order valence-electron chi connectivity index (χ3n) is 3.67. The lowest BCUT2D eigenvalue weighted by molar-refractivity contribution is -0.116. The van der Waals surface area contributed by atoms with Gasteiger partial charge >= 0.3 is 0 Å². The summed E-state index contributed by atoms with van der Waals surface area (Å²) >= 11 is 5.87. The zero-order valence-corrected chi connectivity index (χ0v) is 15.9. The van der Waals surface area contributed by atoms with Crippen molar-refractivity contribution in [3.05, 3.63) is 64.2 Å². The van der Waals surface area contributed by atoms with Crippen LogP contribution in [0.2, 0.25) is 5.02 Å². The molecule has 0 unspecified atom stereocenters. The highest BCUT2D eigenvalue weighted by Gasteiger charge is 2.20. The number of amides is 1. The molecule has 0 saturated heterocycles. The van der Waals surface area contributed by atoms with Crippen molar-refractivity contribution in [3.63, 3.8) is 0 Å². The third kappa shape index (κ3) is 6.16. The predicted octanol–water partition coefficient (Wildman–Crippen LogP) is 3.58. The van der Waals surface area contributed by atoms with E-state index in [1.165, 1.54) is 0 Å². The van der Waals surface area contributed by atoms with Gasteiger partial charge in [-0.2, -0.15) is 0 Å². The number of benzene rings is 2. The molecule has 1 amide bonds. The van der Waals surface area contributed by atoms with E-state index < -0.39 is 16.1 Å². The summed E-state index contributed by atoms with van der Waals surface area (Å²) in [7, 11) is -3.48. The number of sulfonamides is 1. The van der Waals surface area contributed by atoms with E-state index >= 15 is 0 Å².